The zero-order valence-corrected chi connectivity index (χ0v) is 19.4. The molecule has 0 saturated carbocycles. The molecule has 0 aliphatic heterocycles. The van der Waals surface area contributed by atoms with Gasteiger partial charge in [0.1, 0.15) is 29.3 Å². The number of halogens is 1. The van der Waals surface area contributed by atoms with Gasteiger partial charge in [0.2, 0.25) is 5.71 Å². The smallest absolute Gasteiger partial charge is 0.248 e. The van der Waals surface area contributed by atoms with Gasteiger partial charge in [-0.25, -0.2) is 15.8 Å². The maximum Gasteiger partial charge on any atom is 0.248 e. The predicted octanol–water partition coefficient (Wildman–Crippen LogP) is 4.60. The second-order valence-corrected chi connectivity index (χ2v) is 7.51. The molecular formula is C22H27ClN8O. The Kier molecular flexibility index (Phi) is 6.71. The lowest BCUT2D eigenvalue weighted by molar-refractivity contribution is 0.553. The number of aromatic nitrogens is 2. The quantitative estimate of drug-likeness (QED) is 0.233. The van der Waals surface area contributed by atoms with Crippen molar-refractivity contribution in [1.29, 1.82) is 0 Å². The van der Waals surface area contributed by atoms with Gasteiger partial charge in [-0.05, 0) is 39.0 Å². The highest BCUT2D eigenvalue weighted by Gasteiger charge is 2.26. The minimum atomic E-state index is 0.498. The number of hydrogen-bond donors (Lipinski definition) is 2. The minimum Gasteiger partial charge on any atom is -0.439 e. The van der Waals surface area contributed by atoms with Gasteiger partial charge in [0, 0.05) is 23.9 Å². The number of aliphatic imine (C=N–C) groups is 1. The Morgan fingerprint density at radius 3 is 2.66 bits per heavy atom. The lowest BCUT2D eigenvalue weighted by Crippen LogP contribution is -2.36. The van der Waals surface area contributed by atoms with Crippen LogP contribution in [0.15, 0.2) is 57.8 Å². The molecule has 0 spiro atoms. The summed E-state index contributed by atoms with van der Waals surface area (Å²) in [6, 6.07) is 5.53. The maximum atomic E-state index is 6.68. The molecule has 0 aliphatic carbocycles. The van der Waals surface area contributed by atoms with Crippen molar-refractivity contribution in [2.45, 2.75) is 34.1 Å². The molecule has 0 fully saturated rings. The van der Waals surface area contributed by atoms with Crippen LogP contribution < -0.4 is 21.6 Å². The number of oxazole rings is 1. The average molecular weight is 455 g/mol. The number of allylic oxidation sites excluding steroid dienone is 1. The van der Waals surface area contributed by atoms with E-state index in [1.165, 1.54) is 22.6 Å². The van der Waals surface area contributed by atoms with Gasteiger partial charge in [-0.15, -0.1) is 0 Å². The van der Waals surface area contributed by atoms with Crippen molar-refractivity contribution in [3.63, 3.8) is 0 Å². The number of hydrazone groups is 1. The second kappa shape index (κ2) is 9.29. The number of anilines is 2. The molecular weight excluding hydrogens is 428 g/mol. The van der Waals surface area contributed by atoms with E-state index in [1.54, 1.807) is 24.4 Å². The summed E-state index contributed by atoms with van der Waals surface area (Å²) in [4.78, 5) is 4.34. The minimum absolute atomic E-state index is 0.498. The fourth-order valence-corrected chi connectivity index (χ4v) is 3.69. The van der Waals surface area contributed by atoms with E-state index in [0.717, 1.165) is 17.0 Å². The van der Waals surface area contributed by atoms with Crippen molar-refractivity contribution >= 4 is 40.9 Å². The normalized spacial score (nSPS) is 12.0. The lowest BCUT2D eigenvalue weighted by Gasteiger charge is -2.16. The lowest BCUT2D eigenvalue weighted by atomic mass is 10.1. The number of aryl methyl sites for hydroxylation is 2. The molecule has 1 aromatic carbocycles. The molecule has 0 aliphatic rings. The first-order valence-electron chi connectivity index (χ1n) is 9.95. The van der Waals surface area contributed by atoms with E-state index in [0.29, 0.717) is 45.8 Å². The summed E-state index contributed by atoms with van der Waals surface area (Å²) in [5.74, 6) is 7.64. The van der Waals surface area contributed by atoms with Crippen LogP contribution in [0, 0.1) is 6.92 Å². The molecule has 9 nitrogen and oxygen atoms in total. The van der Waals surface area contributed by atoms with Crippen molar-refractivity contribution in [1.82, 2.24) is 9.61 Å². The molecule has 168 valence electrons. The van der Waals surface area contributed by atoms with Crippen LogP contribution in [0.5, 0.6) is 0 Å². The number of nitrogens with zero attached hydrogens (tertiary/aromatic N) is 6. The van der Waals surface area contributed by atoms with Gasteiger partial charge in [-0.1, -0.05) is 31.7 Å². The standard InChI is InChI=1S/C22H27ClN8O/c1-7-19-21(17-10-9-16(11-18(17)23)29(8-2)26-12-24)31-22(32-19)20(14(5)28-31)30(25)15(6)27-13(3)4/h8-12H,2-3,7,25H2,1,4-6H3,(H2,24,26)/b27-15-. The largest absolute Gasteiger partial charge is 0.439 e. The van der Waals surface area contributed by atoms with Crippen LogP contribution in [0.2, 0.25) is 5.02 Å². The van der Waals surface area contributed by atoms with Gasteiger partial charge in [0.25, 0.3) is 0 Å². The molecule has 10 heteroatoms. The van der Waals surface area contributed by atoms with Crippen LogP contribution in [-0.2, 0) is 6.42 Å². The number of nitrogens with two attached hydrogens (primary N) is 2. The fourth-order valence-electron chi connectivity index (χ4n) is 3.43. The van der Waals surface area contributed by atoms with Crippen molar-refractivity contribution in [3.05, 3.63) is 59.7 Å². The highest BCUT2D eigenvalue weighted by atomic mass is 35.5. The summed E-state index contributed by atoms with van der Waals surface area (Å²) in [6.07, 6.45) is 3.36. The third-order valence-corrected chi connectivity index (χ3v) is 5.10. The SMILES string of the molecule is C=CN(/N=C\N)c1ccc(-c2c(CC)oc3c(N(N)/C(C)=N\C(=C)C)c(C)nn23)c(Cl)c1. The van der Waals surface area contributed by atoms with Gasteiger partial charge >= 0.3 is 0 Å². The van der Waals surface area contributed by atoms with Gasteiger partial charge in [-0.2, -0.15) is 14.7 Å². The topological polar surface area (TPSA) is 114 Å². The number of fused-ring (bicyclic) bond motifs is 1. The summed E-state index contributed by atoms with van der Waals surface area (Å²) in [6.45, 7) is 15.0. The summed E-state index contributed by atoms with van der Waals surface area (Å²) < 4.78 is 7.92. The van der Waals surface area contributed by atoms with Crippen LogP contribution in [0.3, 0.4) is 0 Å². The van der Waals surface area contributed by atoms with Crippen molar-refractivity contribution in [3.8, 4) is 11.3 Å². The van der Waals surface area contributed by atoms with Gasteiger partial charge in [-0.3, -0.25) is 5.01 Å². The first kappa shape index (κ1) is 23.1. The molecule has 0 amide bonds. The first-order valence-corrected chi connectivity index (χ1v) is 10.3. The van der Waals surface area contributed by atoms with Gasteiger partial charge in [0.15, 0.2) is 0 Å². The molecule has 32 heavy (non-hydrogen) atoms. The Morgan fingerprint density at radius 1 is 1.38 bits per heavy atom. The Bertz CT molecular complexity index is 1240. The van der Waals surface area contributed by atoms with Crippen molar-refractivity contribution in [2.24, 2.45) is 21.7 Å². The molecule has 2 aromatic heterocycles. The second-order valence-electron chi connectivity index (χ2n) is 7.10. The van der Waals surface area contributed by atoms with E-state index in [1.807, 2.05) is 26.0 Å². The number of hydrazine groups is 1. The number of hydrogen-bond acceptors (Lipinski definition) is 6. The van der Waals surface area contributed by atoms with Gasteiger partial charge < -0.3 is 10.2 Å². The van der Waals surface area contributed by atoms with Crippen molar-refractivity contribution in [2.75, 3.05) is 10.0 Å². The number of rotatable bonds is 7. The van der Waals surface area contributed by atoms with E-state index < -0.39 is 0 Å². The van der Waals surface area contributed by atoms with Gasteiger partial charge in [0.05, 0.1) is 16.4 Å². The monoisotopic (exact) mass is 454 g/mol. The number of benzene rings is 1. The fraction of sp³-hybridized carbons (Fsp3) is 0.227. The zero-order valence-electron chi connectivity index (χ0n) is 18.6. The van der Waals surface area contributed by atoms with E-state index in [4.69, 9.17) is 27.6 Å². The molecule has 0 saturated heterocycles. The van der Waals surface area contributed by atoms with Crippen LogP contribution in [0.4, 0.5) is 11.4 Å². The molecule has 2 heterocycles. The molecule has 0 unspecified atom stereocenters. The van der Waals surface area contributed by atoms with Crippen LogP contribution >= 0.6 is 11.6 Å². The number of amidine groups is 1. The summed E-state index contributed by atoms with van der Waals surface area (Å²) in [5.41, 5.74) is 10.1. The van der Waals surface area contributed by atoms with E-state index >= 15 is 0 Å². The van der Waals surface area contributed by atoms with E-state index in [9.17, 15) is 0 Å². The Balaban J connectivity index is 2.18. The molecule has 3 aromatic rings. The summed E-state index contributed by atoms with van der Waals surface area (Å²) in [5, 5.41) is 12.2. The molecule has 0 radical (unpaired) electrons. The maximum absolute atomic E-state index is 6.68. The Labute approximate surface area is 191 Å². The van der Waals surface area contributed by atoms with E-state index in [2.05, 4.69) is 28.4 Å². The first-order chi connectivity index (χ1) is 15.2. The highest BCUT2D eigenvalue weighted by molar-refractivity contribution is 6.33. The third-order valence-electron chi connectivity index (χ3n) is 4.78. The van der Waals surface area contributed by atoms with Crippen LogP contribution in [-0.4, -0.2) is 21.8 Å². The van der Waals surface area contributed by atoms with Crippen LogP contribution in [0.25, 0.3) is 17.0 Å². The zero-order chi connectivity index (χ0) is 23.6. The average Bonchev–Trinajstić information content (AvgIpc) is 3.24. The predicted molar refractivity (Wildman–Crippen MR) is 132 cm³/mol. The summed E-state index contributed by atoms with van der Waals surface area (Å²) in [7, 11) is 0. The Hall–Kier alpha value is -3.56. The summed E-state index contributed by atoms with van der Waals surface area (Å²) >= 11 is 6.68. The molecule has 3 rings (SSSR count). The molecule has 0 atom stereocenters. The van der Waals surface area contributed by atoms with Crippen molar-refractivity contribution < 1.29 is 4.42 Å². The third kappa shape index (κ3) is 4.12. The van der Waals surface area contributed by atoms with Crippen LogP contribution in [0.1, 0.15) is 32.2 Å². The van der Waals surface area contributed by atoms with E-state index in [-0.39, 0.29) is 0 Å². The highest BCUT2D eigenvalue weighted by Crippen LogP contribution is 2.38. The molecule has 4 N–H and O–H groups in total. The Morgan fingerprint density at radius 2 is 2.09 bits per heavy atom. The molecule has 0 bridgehead atoms.